The molecule has 2 nitrogen and oxygen atoms in total. The lowest BCUT2D eigenvalue weighted by Crippen LogP contribution is -2.09. The topological polar surface area (TPSA) is 43.1 Å². The average molecular weight is 225 g/mol. The number of ketones is 1. The number of carbonyl (C=O) groups excluding carboxylic acids is 1. The number of hydrogen-bond acceptors (Lipinski definition) is 3. The Morgan fingerprint density at radius 2 is 2.33 bits per heavy atom. The maximum atomic E-state index is 11.7. The van der Waals surface area contributed by atoms with Crippen molar-refractivity contribution < 1.29 is 4.79 Å². The highest BCUT2D eigenvalue weighted by Crippen LogP contribution is 2.18. The third-order valence-electron chi connectivity index (χ3n) is 2.73. The first kappa shape index (κ1) is 12.4. The lowest BCUT2D eigenvalue weighted by Gasteiger charge is -2.12. The van der Waals surface area contributed by atoms with E-state index in [1.807, 2.05) is 17.5 Å². The van der Waals surface area contributed by atoms with Crippen LogP contribution in [0.1, 0.15) is 42.3 Å². The van der Waals surface area contributed by atoms with Gasteiger partial charge in [0.15, 0.2) is 5.78 Å². The van der Waals surface area contributed by atoms with Gasteiger partial charge in [0.05, 0.1) is 4.88 Å². The Morgan fingerprint density at radius 1 is 1.53 bits per heavy atom. The molecule has 0 aromatic carbocycles. The predicted molar refractivity (Wildman–Crippen MR) is 65.3 cm³/mol. The molecule has 1 aromatic rings. The van der Waals surface area contributed by atoms with E-state index in [0.29, 0.717) is 12.3 Å². The number of rotatable bonds is 7. The molecule has 0 fully saturated rings. The van der Waals surface area contributed by atoms with E-state index in [2.05, 4.69) is 6.92 Å². The second-order valence-electron chi connectivity index (χ2n) is 3.79. The Hall–Kier alpha value is -0.670. The zero-order valence-electron chi connectivity index (χ0n) is 9.24. The summed E-state index contributed by atoms with van der Waals surface area (Å²) >= 11 is 1.53. The standard InChI is InChI=1S/C12H19NOS/c1-2-10(7-8-13)5-6-11(14)12-4-3-9-15-12/h3-4,9-10H,2,5-8,13H2,1H3. The smallest absolute Gasteiger partial charge is 0.172 e. The Kier molecular flexibility index (Phi) is 5.58. The Labute approximate surface area is 95.5 Å². The summed E-state index contributed by atoms with van der Waals surface area (Å²) in [5.41, 5.74) is 5.52. The molecular formula is C12H19NOS. The molecule has 1 aromatic heterocycles. The van der Waals surface area contributed by atoms with Crippen LogP contribution < -0.4 is 5.73 Å². The number of carbonyl (C=O) groups is 1. The van der Waals surface area contributed by atoms with Gasteiger partial charge in [0.25, 0.3) is 0 Å². The largest absolute Gasteiger partial charge is 0.330 e. The molecule has 2 N–H and O–H groups in total. The second-order valence-corrected chi connectivity index (χ2v) is 4.74. The zero-order chi connectivity index (χ0) is 11.1. The summed E-state index contributed by atoms with van der Waals surface area (Å²) in [7, 11) is 0. The molecule has 0 radical (unpaired) electrons. The van der Waals surface area contributed by atoms with Crippen molar-refractivity contribution in [2.75, 3.05) is 6.54 Å². The van der Waals surface area contributed by atoms with Crippen LogP contribution in [-0.2, 0) is 0 Å². The summed E-state index contributed by atoms with van der Waals surface area (Å²) in [6.07, 6.45) is 3.80. The highest BCUT2D eigenvalue weighted by atomic mass is 32.1. The van der Waals surface area contributed by atoms with Crippen LogP contribution in [0, 0.1) is 5.92 Å². The third kappa shape index (κ3) is 4.14. The minimum absolute atomic E-state index is 0.278. The summed E-state index contributed by atoms with van der Waals surface area (Å²) in [4.78, 5) is 12.6. The highest BCUT2D eigenvalue weighted by Gasteiger charge is 2.11. The number of thiophene rings is 1. The fourth-order valence-corrected chi connectivity index (χ4v) is 2.38. The molecule has 3 heteroatoms. The van der Waals surface area contributed by atoms with Crippen molar-refractivity contribution in [2.45, 2.75) is 32.6 Å². The lowest BCUT2D eigenvalue weighted by molar-refractivity contribution is 0.0976. The monoisotopic (exact) mass is 225 g/mol. The molecular weight excluding hydrogens is 206 g/mol. The van der Waals surface area contributed by atoms with Crippen molar-refractivity contribution in [3.05, 3.63) is 22.4 Å². The highest BCUT2D eigenvalue weighted by molar-refractivity contribution is 7.12. The van der Waals surface area contributed by atoms with E-state index in [0.717, 1.165) is 30.7 Å². The molecule has 0 saturated carbocycles. The van der Waals surface area contributed by atoms with E-state index in [4.69, 9.17) is 5.73 Å². The van der Waals surface area contributed by atoms with Crippen LogP contribution in [0.5, 0.6) is 0 Å². The molecule has 0 bridgehead atoms. The molecule has 0 saturated heterocycles. The van der Waals surface area contributed by atoms with Crippen molar-refractivity contribution in [3.63, 3.8) is 0 Å². The van der Waals surface area contributed by atoms with Crippen LogP contribution in [0.2, 0.25) is 0 Å². The van der Waals surface area contributed by atoms with Crippen LogP contribution >= 0.6 is 11.3 Å². The summed E-state index contributed by atoms with van der Waals surface area (Å²) in [6, 6.07) is 3.83. The minimum atomic E-state index is 0.278. The van der Waals surface area contributed by atoms with Gasteiger partial charge >= 0.3 is 0 Å². The van der Waals surface area contributed by atoms with Gasteiger partial charge in [-0.05, 0) is 36.8 Å². The van der Waals surface area contributed by atoms with Crippen molar-refractivity contribution in [1.82, 2.24) is 0 Å². The van der Waals surface area contributed by atoms with Crippen LogP contribution in [0.15, 0.2) is 17.5 Å². The predicted octanol–water partition coefficient (Wildman–Crippen LogP) is 3.09. The first-order chi connectivity index (χ1) is 7.27. The normalized spacial score (nSPS) is 12.7. The van der Waals surface area contributed by atoms with Crippen molar-refractivity contribution in [1.29, 1.82) is 0 Å². The van der Waals surface area contributed by atoms with Gasteiger partial charge in [0.2, 0.25) is 0 Å². The molecule has 84 valence electrons. The van der Waals surface area contributed by atoms with E-state index in [1.54, 1.807) is 0 Å². The molecule has 1 rings (SSSR count). The van der Waals surface area contributed by atoms with E-state index in [1.165, 1.54) is 11.3 Å². The summed E-state index contributed by atoms with van der Waals surface area (Å²) in [6.45, 7) is 2.89. The third-order valence-corrected chi connectivity index (χ3v) is 3.64. The van der Waals surface area contributed by atoms with Crippen LogP contribution in [0.3, 0.4) is 0 Å². The van der Waals surface area contributed by atoms with Crippen molar-refractivity contribution in [2.24, 2.45) is 11.7 Å². The maximum absolute atomic E-state index is 11.7. The van der Waals surface area contributed by atoms with E-state index in [9.17, 15) is 4.79 Å². The SMILES string of the molecule is CCC(CCN)CCC(=O)c1cccs1. The summed E-state index contributed by atoms with van der Waals surface area (Å²) in [5, 5.41) is 1.95. The van der Waals surface area contributed by atoms with Gasteiger partial charge in [-0.1, -0.05) is 19.4 Å². The summed E-state index contributed by atoms with van der Waals surface area (Å²) in [5.74, 6) is 0.888. The molecule has 0 amide bonds. The van der Waals surface area contributed by atoms with Crippen molar-refractivity contribution in [3.8, 4) is 0 Å². The summed E-state index contributed by atoms with van der Waals surface area (Å²) < 4.78 is 0. The zero-order valence-corrected chi connectivity index (χ0v) is 10.1. The lowest BCUT2D eigenvalue weighted by atomic mass is 9.95. The second kappa shape index (κ2) is 6.75. The fourth-order valence-electron chi connectivity index (χ4n) is 1.68. The molecule has 0 aliphatic carbocycles. The van der Waals surface area contributed by atoms with Gasteiger partial charge in [-0.2, -0.15) is 0 Å². The van der Waals surface area contributed by atoms with Gasteiger partial charge in [-0.15, -0.1) is 11.3 Å². The van der Waals surface area contributed by atoms with E-state index < -0.39 is 0 Å². The van der Waals surface area contributed by atoms with Crippen molar-refractivity contribution >= 4 is 17.1 Å². The van der Waals surface area contributed by atoms with Gasteiger partial charge in [0, 0.05) is 6.42 Å². The molecule has 1 unspecified atom stereocenters. The van der Waals surface area contributed by atoms with Gasteiger partial charge in [0.1, 0.15) is 0 Å². The molecule has 1 atom stereocenters. The Bertz CT molecular complexity index is 282. The fraction of sp³-hybridized carbons (Fsp3) is 0.583. The van der Waals surface area contributed by atoms with Gasteiger partial charge in [-0.3, -0.25) is 4.79 Å². The molecule has 15 heavy (non-hydrogen) atoms. The molecule has 0 aliphatic heterocycles. The Morgan fingerprint density at radius 3 is 2.87 bits per heavy atom. The molecule has 0 aliphatic rings. The van der Waals surface area contributed by atoms with Crippen LogP contribution in [0.25, 0.3) is 0 Å². The van der Waals surface area contributed by atoms with Crippen LogP contribution in [-0.4, -0.2) is 12.3 Å². The number of nitrogens with two attached hydrogens (primary N) is 1. The van der Waals surface area contributed by atoms with Gasteiger partial charge < -0.3 is 5.73 Å². The van der Waals surface area contributed by atoms with E-state index >= 15 is 0 Å². The molecule has 0 spiro atoms. The number of hydrogen-bond donors (Lipinski definition) is 1. The first-order valence-corrected chi connectivity index (χ1v) is 6.42. The number of Topliss-reactive ketones (excluding diaryl/α,β-unsaturated/α-hetero) is 1. The quantitative estimate of drug-likeness (QED) is 0.725. The minimum Gasteiger partial charge on any atom is -0.330 e. The first-order valence-electron chi connectivity index (χ1n) is 5.54. The Balaban J connectivity index is 2.33. The van der Waals surface area contributed by atoms with Crippen LogP contribution in [0.4, 0.5) is 0 Å². The average Bonchev–Trinajstić information content (AvgIpc) is 2.77. The maximum Gasteiger partial charge on any atom is 0.172 e. The molecule has 1 heterocycles. The van der Waals surface area contributed by atoms with Gasteiger partial charge in [-0.25, -0.2) is 0 Å². The van der Waals surface area contributed by atoms with E-state index in [-0.39, 0.29) is 5.78 Å².